The molecule has 0 aliphatic carbocycles. The summed E-state index contributed by atoms with van der Waals surface area (Å²) in [6.45, 7) is 0. The minimum atomic E-state index is -5.25. The van der Waals surface area contributed by atoms with Crippen LogP contribution in [-0.4, -0.2) is 22.4 Å². The molecule has 0 bridgehead atoms. The number of aromatic nitrogens is 1. The van der Waals surface area contributed by atoms with E-state index in [1.165, 1.54) is 0 Å². The van der Waals surface area contributed by atoms with Gasteiger partial charge in [0, 0.05) is 6.20 Å². The molecule has 0 radical (unpaired) electrons. The first-order chi connectivity index (χ1) is 8.13. The largest absolute Gasteiger partial charge is 0.573 e. The summed E-state index contributed by atoms with van der Waals surface area (Å²) in [5.74, 6) is -3.20. The van der Waals surface area contributed by atoms with Crippen molar-refractivity contribution >= 4 is 21.9 Å². The summed E-state index contributed by atoms with van der Waals surface area (Å²) >= 11 is 2.49. The van der Waals surface area contributed by atoms with Crippen molar-refractivity contribution in [2.45, 2.75) is 12.8 Å². The van der Waals surface area contributed by atoms with Gasteiger partial charge in [0.25, 0.3) is 6.43 Å². The highest BCUT2D eigenvalue weighted by Gasteiger charge is 2.36. The van der Waals surface area contributed by atoms with Crippen molar-refractivity contribution < 1.29 is 36.6 Å². The fraction of sp³-hybridized carbons (Fsp3) is 0.250. The number of ether oxygens (including phenoxy) is 1. The second kappa shape index (κ2) is 5.04. The number of hydrogen-bond acceptors (Lipinski definition) is 3. The Morgan fingerprint density at radius 3 is 2.39 bits per heavy atom. The van der Waals surface area contributed by atoms with Crippen LogP contribution >= 0.6 is 15.9 Å². The zero-order chi connectivity index (χ0) is 14.1. The number of carboxylic acids is 1. The summed E-state index contributed by atoms with van der Waals surface area (Å²) in [5, 5.41) is 8.60. The van der Waals surface area contributed by atoms with Crippen LogP contribution in [0.25, 0.3) is 0 Å². The zero-order valence-corrected chi connectivity index (χ0v) is 9.72. The average Bonchev–Trinajstić information content (AvgIpc) is 2.17. The predicted octanol–water partition coefficient (Wildman–Crippen LogP) is 3.38. The van der Waals surface area contributed by atoms with E-state index in [1.807, 2.05) is 0 Å². The van der Waals surface area contributed by atoms with Crippen molar-refractivity contribution in [2.75, 3.05) is 0 Å². The number of nitrogens with zero attached hydrogens (tertiary/aromatic N) is 1. The Kier molecular flexibility index (Phi) is 4.09. The van der Waals surface area contributed by atoms with Crippen LogP contribution in [0.1, 0.15) is 22.3 Å². The van der Waals surface area contributed by atoms with Crippen LogP contribution in [0.4, 0.5) is 22.0 Å². The maximum absolute atomic E-state index is 12.6. The third kappa shape index (κ3) is 3.28. The predicted molar refractivity (Wildman–Crippen MR) is 50.5 cm³/mol. The van der Waals surface area contributed by atoms with Crippen LogP contribution in [0.15, 0.2) is 10.8 Å². The highest BCUT2D eigenvalue weighted by molar-refractivity contribution is 9.10. The molecule has 10 heteroatoms. The van der Waals surface area contributed by atoms with Crippen molar-refractivity contribution in [2.24, 2.45) is 0 Å². The fourth-order valence-electron chi connectivity index (χ4n) is 1.08. The van der Waals surface area contributed by atoms with E-state index in [1.54, 1.807) is 0 Å². The monoisotopic (exact) mass is 335 g/mol. The Hall–Kier alpha value is -1.45. The van der Waals surface area contributed by atoms with Gasteiger partial charge in [-0.2, -0.15) is 0 Å². The van der Waals surface area contributed by atoms with Crippen LogP contribution in [0, 0.1) is 0 Å². The molecule has 0 amide bonds. The minimum Gasteiger partial charge on any atom is -0.478 e. The number of pyridine rings is 1. The van der Waals surface area contributed by atoms with Gasteiger partial charge < -0.3 is 9.84 Å². The van der Waals surface area contributed by atoms with Gasteiger partial charge in [0.05, 0.1) is 11.1 Å². The third-order valence-corrected chi connectivity index (χ3v) is 2.26. The molecule has 1 N–H and O–H groups in total. The van der Waals surface area contributed by atoms with Gasteiger partial charge in [-0.05, 0) is 15.9 Å². The second-order valence-electron chi connectivity index (χ2n) is 2.86. The van der Waals surface area contributed by atoms with Crippen molar-refractivity contribution in [3.8, 4) is 5.75 Å². The van der Waals surface area contributed by atoms with Gasteiger partial charge in [-0.25, -0.2) is 18.6 Å². The number of aromatic carboxylic acids is 1. The maximum Gasteiger partial charge on any atom is 0.573 e. The van der Waals surface area contributed by atoms with Crippen LogP contribution in [-0.2, 0) is 0 Å². The lowest BCUT2D eigenvalue weighted by atomic mass is 10.1. The molecule has 0 saturated heterocycles. The summed E-state index contributed by atoms with van der Waals surface area (Å²) in [5.41, 5.74) is -2.45. The Morgan fingerprint density at radius 1 is 1.44 bits per heavy atom. The molecule has 1 heterocycles. The highest BCUT2D eigenvalue weighted by atomic mass is 79.9. The smallest absolute Gasteiger partial charge is 0.478 e. The van der Waals surface area contributed by atoms with Crippen LogP contribution < -0.4 is 4.74 Å². The third-order valence-electron chi connectivity index (χ3n) is 1.70. The summed E-state index contributed by atoms with van der Waals surface area (Å²) in [4.78, 5) is 13.8. The zero-order valence-electron chi connectivity index (χ0n) is 8.13. The number of halogens is 6. The molecular formula is C8H3BrF5NO3. The number of carboxylic acid groups (broad SMARTS) is 1. The van der Waals surface area contributed by atoms with E-state index >= 15 is 0 Å². The van der Waals surface area contributed by atoms with Gasteiger partial charge in [0.1, 0.15) is 4.60 Å². The molecule has 0 spiro atoms. The molecule has 0 saturated carbocycles. The van der Waals surface area contributed by atoms with Crippen molar-refractivity contribution in [1.82, 2.24) is 4.98 Å². The summed E-state index contributed by atoms with van der Waals surface area (Å²) in [7, 11) is 0. The van der Waals surface area contributed by atoms with Crippen LogP contribution in [0.3, 0.4) is 0 Å². The van der Waals surface area contributed by atoms with E-state index in [9.17, 15) is 26.7 Å². The number of rotatable bonds is 3. The highest BCUT2D eigenvalue weighted by Crippen LogP contribution is 2.39. The topological polar surface area (TPSA) is 59.4 Å². The van der Waals surface area contributed by atoms with Crippen LogP contribution in [0.2, 0.25) is 0 Å². The summed E-state index contributed by atoms with van der Waals surface area (Å²) in [6.07, 6.45) is -8.20. The molecule has 18 heavy (non-hydrogen) atoms. The van der Waals surface area contributed by atoms with Gasteiger partial charge >= 0.3 is 12.3 Å². The standard InChI is InChI=1S/C8H3BrF5NO3/c9-5-4(18-8(12,13)14)3(6(10)11)2(1-15-5)7(16)17/h1,6H,(H,16,17). The quantitative estimate of drug-likeness (QED) is 0.679. The maximum atomic E-state index is 12.6. The molecule has 0 aromatic carbocycles. The first-order valence-corrected chi connectivity index (χ1v) is 4.88. The summed E-state index contributed by atoms with van der Waals surface area (Å²) < 4.78 is 64.1. The fourth-order valence-corrected chi connectivity index (χ4v) is 1.48. The lowest BCUT2D eigenvalue weighted by Gasteiger charge is -2.15. The average molecular weight is 336 g/mol. The summed E-state index contributed by atoms with van der Waals surface area (Å²) in [6, 6.07) is 0. The molecule has 0 aliphatic rings. The van der Waals surface area contributed by atoms with Crippen molar-refractivity contribution in [3.05, 3.63) is 21.9 Å². The molecule has 0 aliphatic heterocycles. The molecular weight excluding hydrogens is 333 g/mol. The van der Waals surface area contributed by atoms with Gasteiger partial charge in [-0.15, -0.1) is 13.2 Å². The molecule has 4 nitrogen and oxygen atoms in total. The van der Waals surface area contributed by atoms with E-state index in [2.05, 4.69) is 25.7 Å². The first kappa shape index (κ1) is 14.6. The van der Waals surface area contributed by atoms with Crippen molar-refractivity contribution in [1.29, 1.82) is 0 Å². The minimum absolute atomic E-state index is 0.511. The van der Waals surface area contributed by atoms with Gasteiger partial charge in [0.15, 0.2) is 5.75 Å². The van der Waals surface area contributed by atoms with E-state index in [0.29, 0.717) is 6.20 Å². The van der Waals surface area contributed by atoms with Gasteiger partial charge in [0.2, 0.25) is 0 Å². The SMILES string of the molecule is O=C(O)c1cnc(Br)c(OC(F)(F)F)c1C(F)F. The lowest BCUT2D eigenvalue weighted by molar-refractivity contribution is -0.275. The number of hydrogen-bond donors (Lipinski definition) is 1. The first-order valence-electron chi connectivity index (χ1n) is 4.09. The molecule has 1 rings (SSSR count). The molecule has 1 aromatic heterocycles. The molecule has 100 valence electrons. The Labute approximate surface area is 105 Å². The normalized spacial score (nSPS) is 11.7. The van der Waals surface area contributed by atoms with Gasteiger partial charge in [-0.3, -0.25) is 0 Å². The Bertz CT molecular complexity index is 477. The van der Waals surface area contributed by atoms with E-state index < -0.39 is 40.2 Å². The number of carbonyl (C=O) groups is 1. The van der Waals surface area contributed by atoms with Crippen LogP contribution in [0.5, 0.6) is 5.75 Å². The second-order valence-corrected chi connectivity index (χ2v) is 3.61. The van der Waals surface area contributed by atoms with E-state index in [4.69, 9.17) is 5.11 Å². The van der Waals surface area contributed by atoms with Gasteiger partial charge in [-0.1, -0.05) is 0 Å². The molecule has 0 atom stereocenters. The Balaban J connectivity index is 3.46. The Morgan fingerprint density at radius 2 is 2.00 bits per heavy atom. The van der Waals surface area contributed by atoms with E-state index in [0.717, 1.165) is 0 Å². The molecule has 1 aromatic rings. The van der Waals surface area contributed by atoms with Crippen molar-refractivity contribution in [3.63, 3.8) is 0 Å². The molecule has 0 unspecified atom stereocenters. The lowest BCUT2D eigenvalue weighted by Crippen LogP contribution is -2.20. The number of alkyl halides is 5. The van der Waals surface area contributed by atoms with E-state index in [-0.39, 0.29) is 0 Å². The molecule has 0 fully saturated rings.